The molecule has 21 heavy (non-hydrogen) atoms. The minimum Gasteiger partial charge on any atom is -0.481 e. The van der Waals surface area contributed by atoms with Gasteiger partial charge in [-0.2, -0.15) is 5.10 Å². The highest BCUT2D eigenvalue weighted by molar-refractivity contribution is 5.76. The molecule has 2 aromatic heterocycles. The van der Waals surface area contributed by atoms with Gasteiger partial charge in [0.2, 0.25) is 5.88 Å². The predicted octanol–water partition coefficient (Wildman–Crippen LogP) is 2.76. The van der Waals surface area contributed by atoms with Crippen LogP contribution in [0.2, 0.25) is 0 Å². The molecule has 0 saturated carbocycles. The van der Waals surface area contributed by atoms with Gasteiger partial charge < -0.3 is 4.74 Å². The van der Waals surface area contributed by atoms with Gasteiger partial charge in [0, 0.05) is 11.6 Å². The molecule has 0 saturated heterocycles. The fourth-order valence-corrected chi connectivity index (χ4v) is 2.09. The zero-order valence-corrected chi connectivity index (χ0v) is 11.4. The number of ether oxygens (including phenoxy) is 1. The topological polar surface area (TPSA) is 57.0 Å². The first-order chi connectivity index (χ1) is 10.3. The molecule has 3 aromatic rings. The lowest BCUT2D eigenvalue weighted by molar-refractivity contribution is 0.111. The molecule has 104 valence electrons. The van der Waals surface area contributed by atoms with Gasteiger partial charge in [-0.15, -0.1) is 0 Å². The molecule has 5 heteroatoms. The van der Waals surface area contributed by atoms with E-state index >= 15 is 0 Å². The van der Waals surface area contributed by atoms with E-state index in [2.05, 4.69) is 10.1 Å². The first kappa shape index (κ1) is 13.1. The van der Waals surface area contributed by atoms with E-state index in [1.807, 2.05) is 36.4 Å². The van der Waals surface area contributed by atoms with Gasteiger partial charge in [-0.25, -0.2) is 9.67 Å². The summed E-state index contributed by atoms with van der Waals surface area (Å²) in [5.74, 6) is 0.530. The van der Waals surface area contributed by atoms with Crippen molar-refractivity contribution in [3.8, 4) is 22.8 Å². The van der Waals surface area contributed by atoms with Crippen molar-refractivity contribution in [3.05, 3.63) is 60.4 Å². The summed E-state index contributed by atoms with van der Waals surface area (Å²) in [6, 6.07) is 15.1. The van der Waals surface area contributed by atoms with Crippen molar-refractivity contribution in [2.24, 2.45) is 0 Å². The summed E-state index contributed by atoms with van der Waals surface area (Å²) < 4.78 is 6.75. The van der Waals surface area contributed by atoms with Crippen LogP contribution in [0.1, 0.15) is 10.5 Å². The van der Waals surface area contributed by atoms with Crippen molar-refractivity contribution in [1.82, 2.24) is 14.8 Å². The van der Waals surface area contributed by atoms with Crippen molar-refractivity contribution in [1.29, 1.82) is 0 Å². The van der Waals surface area contributed by atoms with Crippen LogP contribution in [-0.4, -0.2) is 28.2 Å². The maximum absolute atomic E-state index is 11.0. The van der Waals surface area contributed by atoms with Crippen LogP contribution >= 0.6 is 0 Å². The third kappa shape index (κ3) is 2.53. The van der Waals surface area contributed by atoms with E-state index in [0.717, 1.165) is 23.2 Å². The van der Waals surface area contributed by atoms with Crippen LogP contribution in [0.3, 0.4) is 0 Å². The zero-order chi connectivity index (χ0) is 14.7. The average molecular weight is 279 g/mol. The Morgan fingerprint density at radius 3 is 2.57 bits per heavy atom. The average Bonchev–Trinajstić information content (AvgIpc) is 3.00. The molecule has 0 amide bonds. The quantitative estimate of drug-likeness (QED) is 0.689. The van der Waals surface area contributed by atoms with Crippen molar-refractivity contribution < 1.29 is 9.53 Å². The smallest absolute Gasteiger partial charge is 0.213 e. The van der Waals surface area contributed by atoms with Gasteiger partial charge in [-0.05, 0) is 12.1 Å². The van der Waals surface area contributed by atoms with Gasteiger partial charge >= 0.3 is 0 Å². The molecule has 0 bridgehead atoms. The lowest BCUT2D eigenvalue weighted by Crippen LogP contribution is -2.00. The molecule has 0 atom stereocenters. The van der Waals surface area contributed by atoms with Gasteiger partial charge in [-0.1, -0.05) is 30.3 Å². The second-order valence-corrected chi connectivity index (χ2v) is 4.41. The summed E-state index contributed by atoms with van der Waals surface area (Å²) in [7, 11) is 1.57. The first-order valence-electron chi connectivity index (χ1n) is 6.43. The highest BCUT2D eigenvalue weighted by Gasteiger charge is 2.11. The van der Waals surface area contributed by atoms with E-state index in [0.29, 0.717) is 11.6 Å². The minimum atomic E-state index is 0.379. The Morgan fingerprint density at radius 1 is 1.14 bits per heavy atom. The molecule has 2 heterocycles. The molecule has 5 nitrogen and oxygen atoms in total. The van der Waals surface area contributed by atoms with E-state index in [9.17, 15) is 4.79 Å². The Hall–Kier alpha value is -2.95. The Morgan fingerprint density at radius 2 is 1.95 bits per heavy atom. The summed E-state index contributed by atoms with van der Waals surface area (Å²) in [4.78, 5) is 15.2. The second-order valence-electron chi connectivity index (χ2n) is 4.41. The first-order valence-corrected chi connectivity index (χ1v) is 6.43. The predicted molar refractivity (Wildman–Crippen MR) is 78.7 cm³/mol. The van der Waals surface area contributed by atoms with Gasteiger partial charge in [0.1, 0.15) is 5.69 Å². The minimum absolute atomic E-state index is 0.379. The summed E-state index contributed by atoms with van der Waals surface area (Å²) in [6.45, 7) is 0. The molecule has 0 aliphatic heterocycles. The maximum Gasteiger partial charge on any atom is 0.213 e. The lowest BCUT2D eigenvalue weighted by Gasteiger charge is -2.07. The molecular weight excluding hydrogens is 266 g/mol. The number of hydrogen-bond acceptors (Lipinski definition) is 4. The molecule has 0 aliphatic rings. The Bertz CT molecular complexity index is 749. The van der Waals surface area contributed by atoms with E-state index in [4.69, 9.17) is 4.74 Å². The van der Waals surface area contributed by atoms with Crippen LogP contribution in [0.5, 0.6) is 5.88 Å². The Labute approximate surface area is 121 Å². The molecule has 3 rings (SSSR count). The van der Waals surface area contributed by atoms with Crippen LogP contribution in [0.4, 0.5) is 0 Å². The molecule has 1 aromatic carbocycles. The highest BCUT2D eigenvalue weighted by atomic mass is 16.5. The number of nitrogens with zero attached hydrogens (tertiary/aromatic N) is 3. The van der Waals surface area contributed by atoms with Crippen molar-refractivity contribution in [3.63, 3.8) is 0 Å². The number of aldehydes is 1. The van der Waals surface area contributed by atoms with Crippen LogP contribution in [0.15, 0.2) is 54.7 Å². The van der Waals surface area contributed by atoms with E-state index in [1.54, 1.807) is 30.1 Å². The molecule has 0 spiro atoms. The summed E-state index contributed by atoms with van der Waals surface area (Å²) >= 11 is 0. The van der Waals surface area contributed by atoms with E-state index in [1.165, 1.54) is 0 Å². The summed E-state index contributed by atoms with van der Waals surface area (Å²) in [5.41, 5.74) is 2.96. The van der Waals surface area contributed by atoms with Crippen LogP contribution in [0, 0.1) is 0 Å². The molecular formula is C16H13N3O2. The summed E-state index contributed by atoms with van der Waals surface area (Å²) in [5, 5.41) is 4.30. The lowest BCUT2D eigenvalue weighted by atomic mass is 10.1. The van der Waals surface area contributed by atoms with Crippen LogP contribution in [0.25, 0.3) is 16.9 Å². The monoisotopic (exact) mass is 279 g/mol. The SMILES string of the molecule is COc1ccc(-n2nc(C=O)cc2-c2ccccc2)cn1. The Balaban J connectivity index is 2.12. The molecule has 0 radical (unpaired) electrons. The van der Waals surface area contributed by atoms with Crippen molar-refractivity contribution >= 4 is 6.29 Å². The fraction of sp³-hybridized carbons (Fsp3) is 0.0625. The largest absolute Gasteiger partial charge is 0.481 e. The standard InChI is InChI=1S/C16H13N3O2/c1-21-16-8-7-14(10-17-16)19-15(9-13(11-20)18-19)12-5-3-2-4-6-12/h2-11H,1H3. The van der Waals surface area contributed by atoms with Gasteiger partial charge in [0.15, 0.2) is 6.29 Å². The third-order valence-electron chi connectivity index (χ3n) is 3.09. The Kier molecular flexibility index (Phi) is 3.47. The molecule has 0 unspecified atom stereocenters. The summed E-state index contributed by atoms with van der Waals surface area (Å²) in [6.07, 6.45) is 2.40. The number of carbonyl (C=O) groups excluding carboxylic acids is 1. The van der Waals surface area contributed by atoms with E-state index < -0.39 is 0 Å². The second kappa shape index (κ2) is 5.58. The normalized spacial score (nSPS) is 10.3. The zero-order valence-electron chi connectivity index (χ0n) is 11.4. The number of benzene rings is 1. The fourth-order valence-electron chi connectivity index (χ4n) is 2.09. The number of methoxy groups -OCH3 is 1. The molecule has 0 aliphatic carbocycles. The third-order valence-corrected chi connectivity index (χ3v) is 3.09. The van der Waals surface area contributed by atoms with Crippen LogP contribution in [-0.2, 0) is 0 Å². The van der Waals surface area contributed by atoms with Crippen molar-refractivity contribution in [2.45, 2.75) is 0 Å². The van der Waals surface area contributed by atoms with Crippen LogP contribution < -0.4 is 4.74 Å². The number of pyridine rings is 1. The number of aromatic nitrogens is 3. The van der Waals surface area contributed by atoms with E-state index in [-0.39, 0.29) is 0 Å². The molecule has 0 fully saturated rings. The van der Waals surface area contributed by atoms with Crippen molar-refractivity contribution in [2.75, 3.05) is 7.11 Å². The number of rotatable bonds is 4. The number of hydrogen-bond donors (Lipinski definition) is 0. The van der Waals surface area contributed by atoms with Gasteiger partial charge in [-0.3, -0.25) is 4.79 Å². The van der Waals surface area contributed by atoms with Gasteiger partial charge in [0.05, 0.1) is 24.7 Å². The number of carbonyl (C=O) groups is 1. The van der Waals surface area contributed by atoms with Gasteiger partial charge in [0.25, 0.3) is 0 Å². The molecule has 0 N–H and O–H groups in total. The maximum atomic E-state index is 11.0. The highest BCUT2D eigenvalue weighted by Crippen LogP contribution is 2.23.